The normalized spacial score (nSPS) is 21.3. The number of aliphatic hydroxyl groups excluding tert-OH is 1. The minimum absolute atomic E-state index is 0.00134. The van der Waals surface area contributed by atoms with Crippen molar-refractivity contribution in [2.24, 2.45) is 0 Å². The van der Waals surface area contributed by atoms with Crippen molar-refractivity contribution in [3.8, 4) is 0 Å². The van der Waals surface area contributed by atoms with Crippen LogP contribution in [0.5, 0.6) is 0 Å². The lowest BCUT2D eigenvalue weighted by Gasteiger charge is -2.12. The van der Waals surface area contributed by atoms with Crippen molar-refractivity contribution in [3.05, 3.63) is 0 Å². The van der Waals surface area contributed by atoms with Gasteiger partial charge in [-0.05, 0) is 38.5 Å². The third-order valence-corrected chi connectivity index (χ3v) is 3.84. The van der Waals surface area contributed by atoms with Gasteiger partial charge in [0.1, 0.15) is 0 Å². The van der Waals surface area contributed by atoms with Gasteiger partial charge in [-0.15, -0.1) is 0 Å². The van der Waals surface area contributed by atoms with Crippen molar-refractivity contribution in [2.75, 3.05) is 26.4 Å². The predicted octanol–water partition coefficient (Wildman–Crippen LogP) is 2.21. The van der Waals surface area contributed by atoms with Crippen LogP contribution in [-0.2, 0) is 18.9 Å². The van der Waals surface area contributed by atoms with E-state index in [1.165, 1.54) is 0 Å². The number of ether oxygens (including phenoxy) is 4. The molecule has 2 aliphatic heterocycles. The molecule has 20 heavy (non-hydrogen) atoms. The molecule has 2 rings (SSSR count). The number of aliphatic hydroxyl groups is 1. The van der Waals surface area contributed by atoms with Crippen molar-refractivity contribution in [3.63, 3.8) is 0 Å². The minimum Gasteiger partial charge on any atom is -0.393 e. The van der Waals surface area contributed by atoms with Gasteiger partial charge in [-0.1, -0.05) is 12.8 Å². The van der Waals surface area contributed by atoms with E-state index in [9.17, 15) is 5.11 Å². The van der Waals surface area contributed by atoms with Crippen LogP contribution < -0.4 is 0 Å². The highest BCUT2D eigenvalue weighted by molar-refractivity contribution is 4.60. The van der Waals surface area contributed by atoms with Crippen molar-refractivity contribution in [2.45, 2.75) is 70.1 Å². The Morgan fingerprint density at radius 2 is 1.10 bits per heavy atom. The van der Waals surface area contributed by atoms with E-state index in [4.69, 9.17) is 18.9 Å². The van der Waals surface area contributed by atoms with E-state index in [1.807, 2.05) is 0 Å². The van der Waals surface area contributed by atoms with E-state index in [0.29, 0.717) is 0 Å². The Kier molecular flexibility index (Phi) is 7.83. The molecule has 5 nitrogen and oxygen atoms in total. The van der Waals surface area contributed by atoms with Gasteiger partial charge >= 0.3 is 0 Å². The monoisotopic (exact) mass is 288 g/mol. The summed E-state index contributed by atoms with van der Waals surface area (Å²) < 4.78 is 21.5. The maximum absolute atomic E-state index is 9.91. The van der Waals surface area contributed by atoms with Crippen LogP contribution in [0.1, 0.15) is 51.4 Å². The summed E-state index contributed by atoms with van der Waals surface area (Å²) in [6, 6.07) is 0. The molecule has 0 aromatic rings. The van der Waals surface area contributed by atoms with E-state index in [1.54, 1.807) is 0 Å². The van der Waals surface area contributed by atoms with Crippen LogP contribution >= 0.6 is 0 Å². The molecule has 118 valence electrons. The van der Waals surface area contributed by atoms with Crippen LogP contribution in [0.2, 0.25) is 0 Å². The first-order valence-electron chi connectivity index (χ1n) is 7.99. The number of hydrogen-bond acceptors (Lipinski definition) is 5. The molecule has 0 amide bonds. The van der Waals surface area contributed by atoms with Gasteiger partial charge in [-0.25, -0.2) is 0 Å². The molecule has 2 saturated heterocycles. The molecule has 0 aromatic carbocycles. The summed E-state index contributed by atoms with van der Waals surface area (Å²) in [5.74, 6) is 0. The molecule has 1 N–H and O–H groups in total. The number of rotatable bonds is 10. The maximum Gasteiger partial charge on any atom is 0.157 e. The van der Waals surface area contributed by atoms with E-state index in [-0.39, 0.29) is 18.7 Å². The Bertz CT molecular complexity index is 212. The van der Waals surface area contributed by atoms with Gasteiger partial charge < -0.3 is 24.1 Å². The van der Waals surface area contributed by atoms with Crippen LogP contribution in [0, 0.1) is 0 Å². The van der Waals surface area contributed by atoms with Crippen molar-refractivity contribution in [1.29, 1.82) is 0 Å². The molecule has 0 spiro atoms. The maximum atomic E-state index is 9.91. The molecule has 0 atom stereocenters. The highest BCUT2D eigenvalue weighted by Gasteiger charge is 2.16. The Hall–Kier alpha value is -0.200. The average Bonchev–Trinajstić information content (AvgIpc) is 3.13. The van der Waals surface area contributed by atoms with E-state index in [2.05, 4.69) is 0 Å². The fourth-order valence-electron chi connectivity index (χ4n) is 2.67. The van der Waals surface area contributed by atoms with Crippen molar-refractivity contribution >= 4 is 0 Å². The summed E-state index contributed by atoms with van der Waals surface area (Å²) in [4.78, 5) is 0. The Labute approximate surface area is 121 Å². The SMILES string of the molecule is OC(CCCCC1OCCO1)CCCCC1OCCO1. The summed E-state index contributed by atoms with van der Waals surface area (Å²) in [6.45, 7) is 2.90. The molecule has 0 radical (unpaired) electrons. The second-order valence-electron chi connectivity index (χ2n) is 5.57. The Morgan fingerprint density at radius 3 is 1.50 bits per heavy atom. The van der Waals surface area contributed by atoms with Crippen LogP contribution in [0.4, 0.5) is 0 Å². The van der Waals surface area contributed by atoms with E-state index >= 15 is 0 Å². The first-order chi connectivity index (χ1) is 9.84. The van der Waals surface area contributed by atoms with Gasteiger partial charge in [0.15, 0.2) is 12.6 Å². The van der Waals surface area contributed by atoms with E-state index < -0.39 is 0 Å². The van der Waals surface area contributed by atoms with Gasteiger partial charge in [-0.2, -0.15) is 0 Å². The molecular formula is C15H28O5. The number of unbranched alkanes of at least 4 members (excludes halogenated alkanes) is 2. The predicted molar refractivity (Wildman–Crippen MR) is 74.3 cm³/mol. The van der Waals surface area contributed by atoms with Crippen LogP contribution in [0.25, 0.3) is 0 Å². The fraction of sp³-hybridized carbons (Fsp3) is 1.00. The van der Waals surface area contributed by atoms with Gasteiger partial charge in [0.05, 0.1) is 32.5 Å². The van der Waals surface area contributed by atoms with Crippen LogP contribution in [-0.4, -0.2) is 50.2 Å². The molecule has 0 bridgehead atoms. The van der Waals surface area contributed by atoms with Gasteiger partial charge in [0.2, 0.25) is 0 Å². The van der Waals surface area contributed by atoms with Crippen molar-refractivity contribution in [1.82, 2.24) is 0 Å². The Balaban J connectivity index is 1.37. The summed E-state index contributed by atoms with van der Waals surface area (Å²) in [6.07, 6.45) is 7.68. The topological polar surface area (TPSA) is 57.2 Å². The summed E-state index contributed by atoms with van der Waals surface area (Å²) in [5, 5.41) is 9.91. The quantitative estimate of drug-likeness (QED) is 0.625. The molecule has 0 aliphatic carbocycles. The van der Waals surface area contributed by atoms with Gasteiger partial charge in [0, 0.05) is 0 Å². The Morgan fingerprint density at radius 1 is 0.700 bits per heavy atom. The third-order valence-electron chi connectivity index (χ3n) is 3.84. The molecule has 5 heteroatoms. The number of hydrogen-bond donors (Lipinski definition) is 1. The second kappa shape index (κ2) is 9.68. The molecule has 2 fully saturated rings. The molecule has 0 aromatic heterocycles. The lowest BCUT2D eigenvalue weighted by atomic mass is 10.0. The largest absolute Gasteiger partial charge is 0.393 e. The molecule has 0 saturated carbocycles. The standard InChI is InChI=1S/C15H28O5/c16-13(5-1-3-7-14-17-9-10-18-14)6-2-4-8-15-19-11-12-20-15/h13-16H,1-12H2. The fourth-order valence-corrected chi connectivity index (χ4v) is 2.67. The lowest BCUT2D eigenvalue weighted by Crippen LogP contribution is -2.10. The third kappa shape index (κ3) is 6.50. The first kappa shape index (κ1) is 16.2. The summed E-state index contributed by atoms with van der Waals surface area (Å²) in [7, 11) is 0. The zero-order valence-electron chi connectivity index (χ0n) is 12.3. The highest BCUT2D eigenvalue weighted by Crippen LogP contribution is 2.17. The molecule has 0 unspecified atom stereocenters. The molecule has 2 aliphatic rings. The highest BCUT2D eigenvalue weighted by atomic mass is 16.7. The van der Waals surface area contributed by atoms with Crippen molar-refractivity contribution < 1.29 is 24.1 Å². The lowest BCUT2D eigenvalue weighted by molar-refractivity contribution is -0.0488. The zero-order chi connectivity index (χ0) is 14.0. The summed E-state index contributed by atoms with van der Waals surface area (Å²) >= 11 is 0. The zero-order valence-corrected chi connectivity index (χ0v) is 12.3. The smallest absolute Gasteiger partial charge is 0.157 e. The van der Waals surface area contributed by atoms with Crippen LogP contribution in [0.3, 0.4) is 0 Å². The average molecular weight is 288 g/mol. The second-order valence-corrected chi connectivity index (χ2v) is 5.57. The molecule has 2 heterocycles. The first-order valence-corrected chi connectivity index (χ1v) is 7.99. The van der Waals surface area contributed by atoms with Crippen LogP contribution in [0.15, 0.2) is 0 Å². The molecular weight excluding hydrogens is 260 g/mol. The van der Waals surface area contributed by atoms with E-state index in [0.717, 1.165) is 77.8 Å². The minimum atomic E-state index is -0.175. The van der Waals surface area contributed by atoms with Gasteiger partial charge in [-0.3, -0.25) is 0 Å². The summed E-state index contributed by atoms with van der Waals surface area (Å²) in [5.41, 5.74) is 0. The van der Waals surface area contributed by atoms with Gasteiger partial charge in [0.25, 0.3) is 0 Å².